The van der Waals surface area contributed by atoms with E-state index >= 15 is 0 Å². The van der Waals surface area contributed by atoms with Gasteiger partial charge >= 0.3 is 0 Å². The van der Waals surface area contributed by atoms with Gasteiger partial charge < -0.3 is 4.74 Å². The van der Waals surface area contributed by atoms with Gasteiger partial charge in [0.1, 0.15) is 5.52 Å². The Bertz CT molecular complexity index is 476. The Morgan fingerprint density at radius 2 is 2.06 bits per heavy atom. The molecule has 1 aliphatic heterocycles. The lowest BCUT2D eigenvalue weighted by molar-refractivity contribution is 0.0605. The van der Waals surface area contributed by atoms with Crippen molar-refractivity contribution in [3.8, 4) is 0 Å². The van der Waals surface area contributed by atoms with E-state index in [1.54, 1.807) is 18.6 Å². The summed E-state index contributed by atoms with van der Waals surface area (Å²) in [5.41, 5.74) is 1.75. The molecule has 0 unspecified atom stereocenters. The molecule has 0 N–H and O–H groups in total. The largest absolute Gasteiger partial charge is 0.381 e. The van der Waals surface area contributed by atoms with Gasteiger partial charge in [-0.25, -0.2) is 14.6 Å². The van der Waals surface area contributed by atoms with Gasteiger partial charge in [0.2, 0.25) is 0 Å². The highest BCUT2D eigenvalue weighted by Gasteiger charge is 2.16. The molecule has 1 fully saturated rings. The summed E-state index contributed by atoms with van der Waals surface area (Å²) in [6, 6.07) is 0. The number of hydrogen-bond donors (Lipinski definition) is 0. The minimum Gasteiger partial charge on any atom is -0.381 e. The molecule has 0 aromatic carbocycles. The average molecular weight is 218 g/mol. The summed E-state index contributed by atoms with van der Waals surface area (Å²) in [5, 5.41) is 4.34. The van der Waals surface area contributed by atoms with Crippen LogP contribution in [0.1, 0.15) is 12.8 Å². The maximum Gasteiger partial charge on any atom is 0.176 e. The Balaban J connectivity index is 1.83. The highest BCUT2D eigenvalue weighted by molar-refractivity contribution is 5.68. The quantitative estimate of drug-likeness (QED) is 0.761. The molecule has 3 heterocycles. The summed E-state index contributed by atoms with van der Waals surface area (Å²) in [6.07, 6.45) is 7.41. The van der Waals surface area contributed by atoms with E-state index in [-0.39, 0.29) is 0 Å². The predicted molar refractivity (Wildman–Crippen MR) is 58.9 cm³/mol. The molecule has 2 aromatic rings. The van der Waals surface area contributed by atoms with Gasteiger partial charge in [0.05, 0.1) is 6.20 Å². The second-order valence-corrected chi connectivity index (χ2v) is 4.15. The molecule has 3 rings (SSSR count). The van der Waals surface area contributed by atoms with E-state index in [0.717, 1.165) is 43.8 Å². The van der Waals surface area contributed by atoms with Crippen LogP contribution < -0.4 is 0 Å². The van der Waals surface area contributed by atoms with Crippen molar-refractivity contribution in [2.24, 2.45) is 5.92 Å². The number of rotatable bonds is 2. The number of aromatic nitrogens is 4. The molecule has 0 amide bonds. The third-order valence-corrected chi connectivity index (χ3v) is 3.04. The molecule has 5 heteroatoms. The fraction of sp³-hybridized carbons (Fsp3) is 0.545. The van der Waals surface area contributed by atoms with Crippen LogP contribution in [-0.2, 0) is 11.3 Å². The Morgan fingerprint density at radius 1 is 1.25 bits per heavy atom. The Kier molecular flexibility index (Phi) is 2.53. The molecule has 0 spiro atoms. The molecule has 2 aromatic heterocycles. The number of fused-ring (bicyclic) bond motifs is 1. The van der Waals surface area contributed by atoms with Gasteiger partial charge in [0.25, 0.3) is 0 Å². The molecule has 84 valence electrons. The highest BCUT2D eigenvalue weighted by Crippen LogP contribution is 2.18. The second kappa shape index (κ2) is 4.17. The minimum absolute atomic E-state index is 0.652. The van der Waals surface area contributed by atoms with Crippen LogP contribution in [0.3, 0.4) is 0 Å². The van der Waals surface area contributed by atoms with Crippen LogP contribution in [0.2, 0.25) is 0 Å². The van der Waals surface area contributed by atoms with E-state index < -0.39 is 0 Å². The first-order valence-corrected chi connectivity index (χ1v) is 5.64. The molecule has 0 radical (unpaired) electrons. The van der Waals surface area contributed by atoms with Crippen molar-refractivity contribution < 1.29 is 4.74 Å². The van der Waals surface area contributed by atoms with Gasteiger partial charge in [-0.2, -0.15) is 5.10 Å². The normalized spacial score (nSPS) is 18.0. The van der Waals surface area contributed by atoms with Gasteiger partial charge in [-0.15, -0.1) is 0 Å². The zero-order valence-corrected chi connectivity index (χ0v) is 9.04. The molecule has 0 aliphatic carbocycles. The molecule has 0 saturated carbocycles. The summed E-state index contributed by atoms with van der Waals surface area (Å²) < 4.78 is 7.31. The van der Waals surface area contributed by atoms with Crippen LogP contribution >= 0.6 is 0 Å². The van der Waals surface area contributed by atoms with E-state index in [9.17, 15) is 0 Å². The van der Waals surface area contributed by atoms with Crippen LogP contribution in [0.25, 0.3) is 11.2 Å². The van der Waals surface area contributed by atoms with Crippen molar-refractivity contribution in [3.63, 3.8) is 0 Å². The maximum atomic E-state index is 5.35. The molecule has 5 nitrogen and oxygen atoms in total. The molecule has 1 aliphatic rings. The van der Waals surface area contributed by atoms with Crippen molar-refractivity contribution in [3.05, 3.63) is 18.6 Å². The lowest BCUT2D eigenvalue weighted by atomic mass is 10.0. The summed E-state index contributed by atoms with van der Waals surface area (Å²) in [7, 11) is 0. The lowest BCUT2D eigenvalue weighted by Gasteiger charge is -2.21. The average Bonchev–Trinajstić information content (AvgIpc) is 2.74. The van der Waals surface area contributed by atoms with Crippen molar-refractivity contribution in [1.29, 1.82) is 0 Å². The van der Waals surface area contributed by atoms with Crippen molar-refractivity contribution in [2.75, 3.05) is 13.2 Å². The van der Waals surface area contributed by atoms with Gasteiger partial charge in [-0.05, 0) is 18.8 Å². The lowest BCUT2D eigenvalue weighted by Crippen LogP contribution is -2.21. The Hall–Kier alpha value is -1.49. The highest BCUT2D eigenvalue weighted by atomic mass is 16.5. The standard InChI is InChI=1S/C11H14N4O/c1-5-16-6-2-9(1)8-15-11-10(7-14-15)12-3-4-13-11/h3-4,7,9H,1-2,5-6,8H2. The third kappa shape index (κ3) is 1.78. The number of nitrogens with zero attached hydrogens (tertiary/aromatic N) is 4. The van der Waals surface area contributed by atoms with Crippen LogP contribution in [0.4, 0.5) is 0 Å². The number of ether oxygens (including phenoxy) is 1. The SMILES string of the molecule is c1cnc2c(cnn2CC2CCOCC2)n1. The topological polar surface area (TPSA) is 52.8 Å². The second-order valence-electron chi connectivity index (χ2n) is 4.15. The first kappa shape index (κ1) is 9.72. The van der Waals surface area contributed by atoms with Crippen LogP contribution in [-0.4, -0.2) is 33.0 Å². The van der Waals surface area contributed by atoms with Gasteiger partial charge in [-0.3, -0.25) is 0 Å². The number of hydrogen-bond acceptors (Lipinski definition) is 4. The Morgan fingerprint density at radius 3 is 2.94 bits per heavy atom. The zero-order chi connectivity index (χ0) is 10.8. The van der Waals surface area contributed by atoms with E-state index in [0.29, 0.717) is 5.92 Å². The maximum absolute atomic E-state index is 5.35. The fourth-order valence-electron chi connectivity index (χ4n) is 2.12. The van der Waals surface area contributed by atoms with Crippen LogP contribution in [0.15, 0.2) is 18.6 Å². The van der Waals surface area contributed by atoms with Crippen molar-refractivity contribution in [2.45, 2.75) is 19.4 Å². The van der Waals surface area contributed by atoms with Crippen LogP contribution in [0, 0.1) is 5.92 Å². The summed E-state index contributed by atoms with van der Waals surface area (Å²) in [4.78, 5) is 8.54. The zero-order valence-electron chi connectivity index (χ0n) is 9.04. The minimum atomic E-state index is 0.652. The fourth-order valence-corrected chi connectivity index (χ4v) is 2.12. The van der Waals surface area contributed by atoms with E-state index in [4.69, 9.17) is 4.74 Å². The van der Waals surface area contributed by atoms with Gasteiger partial charge in [-0.1, -0.05) is 0 Å². The van der Waals surface area contributed by atoms with E-state index in [1.807, 2.05) is 4.68 Å². The summed E-state index contributed by atoms with van der Waals surface area (Å²) in [6.45, 7) is 2.66. The van der Waals surface area contributed by atoms with Gasteiger partial charge in [0.15, 0.2) is 5.65 Å². The summed E-state index contributed by atoms with van der Waals surface area (Å²) in [5.74, 6) is 0.652. The monoisotopic (exact) mass is 218 g/mol. The first-order valence-electron chi connectivity index (χ1n) is 5.64. The van der Waals surface area contributed by atoms with E-state index in [2.05, 4.69) is 15.1 Å². The molecule has 16 heavy (non-hydrogen) atoms. The Labute approximate surface area is 93.5 Å². The summed E-state index contributed by atoms with van der Waals surface area (Å²) >= 11 is 0. The third-order valence-electron chi connectivity index (χ3n) is 3.04. The van der Waals surface area contributed by atoms with Crippen LogP contribution in [0.5, 0.6) is 0 Å². The first-order chi connectivity index (χ1) is 7.93. The van der Waals surface area contributed by atoms with Gasteiger partial charge in [0, 0.05) is 32.2 Å². The molecule has 0 atom stereocenters. The molecule has 1 saturated heterocycles. The molecular formula is C11H14N4O. The molecule has 0 bridgehead atoms. The van der Waals surface area contributed by atoms with Crippen molar-refractivity contribution >= 4 is 11.2 Å². The smallest absolute Gasteiger partial charge is 0.176 e. The van der Waals surface area contributed by atoms with Crippen molar-refractivity contribution in [1.82, 2.24) is 19.7 Å². The molecular weight excluding hydrogens is 204 g/mol. The predicted octanol–water partition coefficient (Wildman–Crippen LogP) is 1.25. The van der Waals surface area contributed by atoms with E-state index in [1.165, 1.54) is 0 Å².